The van der Waals surface area contributed by atoms with Gasteiger partial charge in [0.15, 0.2) is 17.7 Å². The van der Waals surface area contributed by atoms with Gasteiger partial charge in [0.1, 0.15) is 0 Å². The minimum absolute atomic E-state index is 0.0514. The number of aromatic nitrogens is 3. The summed E-state index contributed by atoms with van der Waals surface area (Å²) in [5.41, 5.74) is -0.0844. The number of carbonyl (C=O) groups is 1. The van der Waals surface area contributed by atoms with E-state index in [4.69, 9.17) is 0 Å². The van der Waals surface area contributed by atoms with E-state index in [-0.39, 0.29) is 12.0 Å². The molecule has 0 aliphatic rings. The van der Waals surface area contributed by atoms with Crippen LogP contribution >= 0.6 is 0 Å². The largest absolute Gasteiger partial charge is 0.435 e. The molecule has 100 valence electrons. The standard InChI is InChI=1S/C12H10F3N3O/c1-7-3-4-10(8(2)5-7)18-11(12(13,14)15)9(6-19)16-17-18/h3-6H,1-2H3. The summed E-state index contributed by atoms with van der Waals surface area (Å²) in [6.07, 6.45) is -4.65. The Bertz CT molecular complexity index is 632. The summed E-state index contributed by atoms with van der Waals surface area (Å²) in [5.74, 6) is 0. The molecule has 0 aliphatic carbocycles. The number of aryl methyl sites for hydroxylation is 2. The molecule has 1 heterocycles. The molecule has 2 rings (SSSR count). The molecule has 0 saturated carbocycles. The zero-order chi connectivity index (χ0) is 14.2. The van der Waals surface area contributed by atoms with E-state index >= 15 is 0 Å². The Morgan fingerprint density at radius 3 is 2.47 bits per heavy atom. The molecular formula is C12H10F3N3O. The maximum absolute atomic E-state index is 13.0. The first-order valence-electron chi connectivity index (χ1n) is 5.40. The molecule has 0 atom stereocenters. The first kappa shape index (κ1) is 13.3. The molecule has 1 aromatic heterocycles. The molecule has 7 heteroatoms. The molecule has 0 N–H and O–H groups in total. The highest BCUT2D eigenvalue weighted by atomic mass is 19.4. The van der Waals surface area contributed by atoms with Crippen LogP contribution in [0.3, 0.4) is 0 Å². The average Bonchev–Trinajstić information content (AvgIpc) is 2.72. The second-order valence-electron chi connectivity index (χ2n) is 4.14. The summed E-state index contributed by atoms with van der Waals surface area (Å²) in [4.78, 5) is 10.6. The zero-order valence-electron chi connectivity index (χ0n) is 10.2. The summed E-state index contributed by atoms with van der Waals surface area (Å²) in [6.45, 7) is 3.50. The Morgan fingerprint density at radius 2 is 1.95 bits per heavy atom. The van der Waals surface area contributed by atoms with Crippen LogP contribution in [0, 0.1) is 13.8 Å². The van der Waals surface area contributed by atoms with Crippen molar-refractivity contribution in [2.24, 2.45) is 0 Å². The molecule has 0 bridgehead atoms. The molecule has 0 unspecified atom stereocenters. The van der Waals surface area contributed by atoms with E-state index in [1.165, 1.54) is 6.07 Å². The first-order chi connectivity index (χ1) is 8.84. The van der Waals surface area contributed by atoms with Gasteiger partial charge in [-0.25, -0.2) is 4.68 Å². The fraction of sp³-hybridized carbons (Fsp3) is 0.250. The minimum atomic E-state index is -4.70. The van der Waals surface area contributed by atoms with Gasteiger partial charge in [-0.3, -0.25) is 4.79 Å². The van der Waals surface area contributed by atoms with Crippen LogP contribution < -0.4 is 0 Å². The second kappa shape index (κ2) is 4.49. The lowest BCUT2D eigenvalue weighted by atomic mass is 10.1. The predicted octanol–water partition coefficient (Wildman–Crippen LogP) is 2.72. The molecule has 0 aliphatic heterocycles. The van der Waals surface area contributed by atoms with Crippen molar-refractivity contribution in [2.45, 2.75) is 20.0 Å². The number of carbonyl (C=O) groups excluding carboxylic acids is 1. The van der Waals surface area contributed by atoms with Gasteiger partial charge < -0.3 is 0 Å². The smallest absolute Gasteiger partial charge is 0.296 e. The van der Waals surface area contributed by atoms with Crippen molar-refractivity contribution < 1.29 is 18.0 Å². The third kappa shape index (κ3) is 2.35. The Balaban J connectivity index is 2.69. The lowest BCUT2D eigenvalue weighted by Gasteiger charge is -2.12. The molecule has 0 radical (unpaired) electrons. The maximum Gasteiger partial charge on any atom is 0.435 e. The van der Waals surface area contributed by atoms with Gasteiger partial charge in [0.25, 0.3) is 0 Å². The van der Waals surface area contributed by atoms with E-state index in [1.807, 2.05) is 6.92 Å². The Hall–Kier alpha value is -2.18. The summed E-state index contributed by atoms with van der Waals surface area (Å²) < 4.78 is 39.5. The average molecular weight is 269 g/mol. The SMILES string of the molecule is Cc1ccc(-n2nnc(C=O)c2C(F)(F)F)c(C)c1. The summed E-state index contributed by atoms with van der Waals surface area (Å²) in [7, 11) is 0. The van der Waals surface area contributed by atoms with Crippen LogP contribution in [0.25, 0.3) is 5.69 Å². The van der Waals surface area contributed by atoms with Crippen molar-refractivity contribution in [3.05, 3.63) is 40.7 Å². The normalized spacial score (nSPS) is 11.6. The topological polar surface area (TPSA) is 47.8 Å². The van der Waals surface area contributed by atoms with Gasteiger partial charge >= 0.3 is 6.18 Å². The van der Waals surface area contributed by atoms with Crippen molar-refractivity contribution >= 4 is 6.29 Å². The van der Waals surface area contributed by atoms with Crippen LogP contribution in [-0.4, -0.2) is 21.3 Å². The molecular weight excluding hydrogens is 259 g/mol. The van der Waals surface area contributed by atoms with Crippen molar-refractivity contribution in [1.82, 2.24) is 15.0 Å². The number of alkyl halides is 3. The highest BCUT2D eigenvalue weighted by molar-refractivity contribution is 5.74. The third-order valence-electron chi connectivity index (χ3n) is 2.66. The van der Waals surface area contributed by atoms with Crippen LogP contribution in [0.4, 0.5) is 13.2 Å². The van der Waals surface area contributed by atoms with Crippen LogP contribution in [0.15, 0.2) is 18.2 Å². The lowest BCUT2D eigenvalue weighted by molar-refractivity contribution is -0.143. The summed E-state index contributed by atoms with van der Waals surface area (Å²) >= 11 is 0. The summed E-state index contributed by atoms with van der Waals surface area (Å²) in [6, 6.07) is 4.92. The third-order valence-corrected chi connectivity index (χ3v) is 2.66. The Labute approximate surface area is 106 Å². The van der Waals surface area contributed by atoms with Gasteiger partial charge in [-0.15, -0.1) is 5.10 Å². The highest BCUT2D eigenvalue weighted by Gasteiger charge is 2.40. The van der Waals surface area contributed by atoms with Crippen LogP contribution in [0.2, 0.25) is 0 Å². The maximum atomic E-state index is 13.0. The van der Waals surface area contributed by atoms with E-state index in [0.717, 1.165) is 5.56 Å². The van der Waals surface area contributed by atoms with Gasteiger partial charge in [0.2, 0.25) is 0 Å². The van der Waals surface area contributed by atoms with Crippen molar-refractivity contribution in [3.63, 3.8) is 0 Å². The number of hydrogen-bond donors (Lipinski definition) is 0. The molecule has 0 amide bonds. The minimum Gasteiger partial charge on any atom is -0.296 e. The van der Waals surface area contributed by atoms with Crippen LogP contribution in [0.5, 0.6) is 0 Å². The first-order valence-corrected chi connectivity index (χ1v) is 5.40. The van der Waals surface area contributed by atoms with Crippen molar-refractivity contribution in [2.75, 3.05) is 0 Å². The van der Waals surface area contributed by atoms with E-state index in [2.05, 4.69) is 10.3 Å². The van der Waals surface area contributed by atoms with Crippen molar-refractivity contribution in [3.8, 4) is 5.69 Å². The van der Waals surface area contributed by atoms with Gasteiger partial charge in [-0.1, -0.05) is 22.9 Å². The molecule has 1 aromatic carbocycles. The molecule has 4 nitrogen and oxygen atoms in total. The fourth-order valence-electron chi connectivity index (χ4n) is 1.85. The number of benzene rings is 1. The number of rotatable bonds is 2. The summed E-state index contributed by atoms with van der Waals surface area (Å²) in [5, 5.41) is 6.70. The molecule has 0 spiro atoms. The van der Waals surface area contributed by atoms with Crippen LogP contribution in [-0.2, 0) is 6.18 Å². The van der Waals surface area contributed by atoms with E-state index in [0.29, 0.717) is 10.2 Å². The Kier molecular flexibility index (Phi) is 3.13. The monoisotopic (exact) mass is 269 g/mol. The molecule has 0 saturated heterocycles. The van der Waals surface area contributed by atoms with E-state index in [1.54, 1.807) is 19.1 Å². The molecule has 2 aromatic rings. The predicted molar refractivity (Wildman–Crippen MR) is 61.2 cm³/mol. The van der Waals surface area contributed by atoms with Crippen molar-refractivity contribution in [1.29, 1.82) is 0 Å². The van der Waals surface area contributed by atoms with Gasteiger partial charge in [-0.05, 0) is 25.5 Å². The van der Waals surface area contributed by atoms with Gasteiger partial charge in [0.05, 0.1) is 5.69 Å². The number of hydrogen-bond acceptors (Lipinski definition) is 3. The number of aldehydes is 1. The zero-order valence-corrected chi connectivity index (χ0v) is 10.2. The van der Waals surface area contributed by atoms with E-state index in [9.17, 15) is 18.0 Å². The fourth-order valence-corrected chi connectivity index (χ4v) is 1.85. The van der Waals surface area contributed by atoms with Crippen LogP contribution in [0.1, 0.15) is 27.3 Å². The quantitative estimate of drug-likeness (QED) is 0.787. The van der Waals surface area contributed by atoms with Gasteiger partial charge in [-0.2, -0.15) is 13.2 Å². The highest BCUT2D eigenvalue weighted by Crippen LogP contribution is 2.32. The lowest BCUT2D eigenvalue weighted by Crippen LogP contribution is -2.16. The molecule has 19 heavy (non-hydrogen) atoms. The Morgan fingerprint density at radius 1 is 1.26 bits per heavy atom. The number of halogens is 3. The molecule has 0 fully saturated rings. The van der Waals surface area contributed by atoms with Gasteiger partial charge in [0, 0.05) is 0 Å². The van der Waals surface area contributed by atoms with E-state index < -0.39 is 17.6 Å². The second-order valence-corrected chi connectivity index (χ2v) is 4.14. The number of nitrogens with zero attached hydrogens (tertiary/aromatic N) is 3.